The molecule has 9 heteroatoms. The topological polar surface area (TPSA) is 84.9 Å². The quantitative estimate of drug-likeness (QED) is 0.808. The van der Waals surface area contributed by atoms with Crippen molar-refractivity contribution in [2.24, 2.45) is 0 Å². The van der Waals surface area contributed by atoms with Crippen LogP contribution in [0.4, 0.5) is 11.4 Å². The average molecular weight is 399 g/mol. The van der Waals surface area contributed by atoms with Gasteiger partial charge in [0.05, 0.1) is 42.4 Å². The lowest BCUT2D eigenvalue weighted by Gasteiger charge is -2.18. The molecule has 0 bridgehead atoms. The minimum Gasteiger partial charge on any atom is -0.497 e. The summed E-state index contributed by atoms with van der Waals surface area (Å²) in [6.45, 7) is 0. The molecular formula is C17H19ClN2O5S. The predicted molar refractivity (Wildman–Crippen MR) is 102 cm³/mol. The Morgan fingerprint density at radius 1 is 1.12 bits per heavy atom. The highest BCUT2D eigenvalue weighted by atomic mass is 35.5. The maximum atomic E-state index is 12.6. The number of hydrogen-bond acceptors (Lipinski definition) is 5. The zero-order valence-corrected chi connectivity index (χ0v) is 16.3. The summed E-state index contributed by atoms with van der Waals surface area (Å²) in [5.74, 6) is 0.552. The number of halogens is 1. The van der Waals surface area contributed by atoms with Crippen LogP contribution in [0.25, 0.3) is 0 Å². The summed E-state index contributed by atoms with van der Waals surface area (Å²) in [7, 11) is 0.979. The number of rotatable bonds is 6. The fourth-order valence-corrected chi connectivity index (χ4v) is 2.93. The van der Waals surface area contributed by atoms with Crippen LogP contribution in [0.3, 0.4) is 0 Å². The molecule has 140 valence electrons. The molecule has 0 fully saturated rings. The zero-order chi connectivity index (χ0) is 19.5. The highest BCUT2D eigenvalue weighted by Crippen LogP contribution is 2.30. The molecule has 7 nitrogen and oxygen atoms in total. The number of methoxy groups -OCH3 is 2. The molecule has 0 saturated carbocycles. The van der Waals surface area contributed by atoms with Gasteiger partial charge in [0, 0.05) is 13.1 Å². The third kappa shape index (κ3) is 4.39. The van der Waals surface area contributed by atoms with E-state index < -0.39 is 15.9 Å². The second-order valence-electron chi connectivity index (χ2n) is 5.41. The van der Waals surface area contributed by atoms with E-state index in [0.29, 0.717) is 22.9 Å². The molecule has 2 aromatic carbocycles. The van der Waals surface area contributed by atoms with Crippen LogP contribution in [0.15, 0.2) is 36.4 Å². The van der Waals surface area contributed by atoms with Gasteiger partial charge in [-0.1, -0.05) is 11.6 Å². The highest BCUT2D eigenvalue weighted by molar-refractivity contribution is 7.92. The molecule has 0 aliphatic rings. The van der Waals surface area contributed by atoms with E-state index >= 15 is 0 Å². The fourth-order valence-electron chi connectivity index (χ4n) is 2.18. The number of hydrogen-bond donors (Lipinski definition) is 1. The first-order chi connectivity index (χ1) is 12.2. The maximum Gasteiger partial charge on any atom is 0.257 e. The molecule has 26 heavy (non-hydrogen) atoms. The second kappa shape index (κ2) is 7.84. The fraction of sp³-hybridized carbons (Fsp3) is 0.235. The molecule has 2 rings (SSSR count). The lowest BCUT2D eigenvalue weighted by atomic mass is 10.1. The first kappa shape index (κ1) is 19.9. The van der Waals surface area contributed by atoms with E-state index in [0.717, 1.165) is 10.6 Å². The smallest absolute Gasteiger partial charge is 0.257 e. The lowest BCUT2D eigenvalue weighted by molar-refractivity contribution is 0.102. The van der Waals surface area contributed by atoms with Gasteiger partial charge in [0.2, 0.25) is 10.0 Å². The van der Waals surface area contributed by atoms with Gasteiger partial charge in [-0.2, -0.15) is 0 Å². The Morgan fingerprint density at radius 3 is 2.35 bits per heavy atom. The molecule has 0 aromatic heterocycles. The Balaban J connectivity index is 2.31. The van der Waals surface area contributed by atoms with Gasteiger partial charge >= 0.3 is 0 Å². The molecular weight excluding hydrogens is 380 g/mol. The number of carbonyl (C=O) groups is 1. The molecule has 0 aliphatic carbocycles. The van der Waals surface area contributed by atoms with Crippen LogP contribution in [0.1, 0.15) is 10.4 Å². The molecule has 0 atom stereocenters. The van der Waals surface area contributed by atoms with Crippen LogP contribution in [0.5, 0.6) is 11.5 Å². The number of ether oxygens (including phenoxy) is 2. The average Bonchev–Trinajstić information content (AvgIpc) is 2.59. The maximum absolute atomic E-state index is 12.6. The van der Waals surface area contributed by atoms with Gasteiger partial charge in [-0.05, 0) is 30.3 Å². The predicted octanol–water partition coefficient (Wildman–Crippen LogP) is 3.01. The number of anilines is 2. The van der Waals surface area contributed by atoms with E-state index in [2.05, 4.69) is 5.32 Å². The van der Waals surface area contributed by atoms with Crippen LogP contribution in [0, 0.1) is 0 Å². The van der Waals surface area contributed by atoms with Crippen molar-refractivity contribution in [2.45, 2.75) is 0 Å². The zero-order valence-electron chi connectivity index (χ0n) is 14.7. The van der Waals surface area contributed by atoms with Crippen molar-refractivity contribution < 1.29 is 22.7 Å². The third-order valence-corrected chi connectivity index (χ3v) is 5.23. The molecule has 0 unspecified atom stereocenters. The molecule has 1 amide bonds. The molecule has 1 N–H and O–H groups in total. The molecule has 0 saturated heterocycles. The number of sulfonamides is 1. The van der Waals surface area contributed by atoms with Crippen LogP contribution < -0.4 is 19.1 Å². The lowest BCUT2D eigenvalue weighted by Crippen LogP contribution is -2.25. The Bertz CT molecular complexity index is 931. The van der Waals surface area contributed by atoms with E-state index in [1.54, 1.807) is 18.2 Å². The van der Waals surface area contributed by atoms with Gasteiger partial charge in [-0.25, -0.2) is 8.42 Å². The SMILES string of the molecule is COc1ccc(OC)c(NC(=O)c2ccc(N(C)S(C)(=O)=O)cc2Cl)c1. The van der Waals surface area contributed by atoms with E-state index in [1.165, 1.54) is 39.5 Å². The summed E-state index contributed by atoms with van der Waals surface area (Å²) in [6, 6.07) is 9.38. The first-order valence-electron chi connectivity index (χ1n) is 7.44. The van der Waals surface area contributed by atoms with Gasteiger partial charge < -0.3 is 14.8 Å². The molecule has 0 aliphatic heterocycles. The Kier molecular flexibility index (Phi) is 5.99. The van der Waals surface area contributed by atoms with Gasteiger partial charge in [-0.3, -0.25) is 9.10 Å². The van der Waals surface area contributed by atoms with Crippen molar-refractivity contribution in [3.63, 3.8) is 0 Å². The summed E-state index contributed by atoms with van der Waals surface area (Å²) in [5.41, 5.74) is 0.973. The molecule has 0 heterocycles. The van der Waals surface area contributed by atoms with Gasteiger partial charge in [-0.15, -0.1) is 0 Å². The standard InChI is InChI=1S/C17H19ClN2O5S/c1-20(26(4,22)23)11-5-7-13(14(18)9-11)17(21)19-15-10-12(24-2)6-8-16(15)25-3/h5-10H,1-4H3,(H,19,21). The summed E-state index contributed by atoms with van der Waals surface area (Å²) < 4.78 is 34.7. The number of carbonyl (C=O) groups excluding carboxylic acids is 1. The second-order valence-corrected chi connectivity index (χ2v) is 7.84. The first-order valence-corrected chi connectivity index (χ1v) is 9.67. The number of benzene rings is 2. The van der Waals surface area contributed by atoms with E-state index in [1.807, 2.05) is 0 Å². The summed E-state index contributed by atoms with van der Waals surface area (Å²) in [5, 5.41) is 2.83. The van der Waals surface area contributed by atoms with Crippen LogP contribution in [-0.2, 0) is 10.0 Å². The normalized spacial score (nSPS) is 11.0. The minimum atomic E-state index is -3.43. The van der Waals surface area contributed by atoms with Crippen LogP contribution in [-0.4, -0.2) is 41.8 Å². The van der Waals surface area contributed by atoms with Crippen LogP contribution in [0.2, 0.25) is 5.02 Å². The number of nitrogens with one attached hydrogen (secondary N) is 1. The Morgan fingerprint density at radius 2 is 1.81 bits per heavy atom. The summed E-state index contributed by atoms with van der Waals surface area (Å²) in [4.78, 5) is 12.6. The van der Waals surface area contributed by atoms with Crippen molar-refractivity contribution in [1.82, 2.24) is 0 Å². The van der Waals surface area contributed by atoms with Gasteiger partial charge in [0.15, 0.2) is 0 Å². The summed E-state index contributed by atoms with van der Waals surface area (Å²) in [6.07, 6.45) is 1.08. The Labute approximate surface area is 157 Å². The van der Waals surface area contributed by atoms with Crippen molar-refractivity contribution in [3.05, 3.63) is 47.0 Å². The number of amides is 1. The van der Waals surface area contributed by atoms with Crippen molar-refractivity contribution in [3.8, 4) is 11.5 Å². The van der Waals surface area contributed by atoms with E-state index in [9.17, 15) is 13.2 Å². The largest absolute Gasteiger partial charge is 0.497 e. The molecule has 2 aromatic rings. The van der Waals surface area contributed by atoms with Crippen molar-refractivity contribution in [1.29, 1.82) is 0 Å². The highest BCUT2D eigenvalue weighted by Gasteiger charge is 2.17. The summed E-state index contributed by atoms with van der Waals surface area (Å²) >= 11 is 6.18. The minimum absolute atomic E-state index is 0.123. The van der Waals surface area contributed by atoms with Crippen LogP contribution >= 0.6 is 11.6 Å². The van der Waals surface area contributed by atoms with E-state index in [-0.39, 0.29) is 10.6 Å². The van der Waals surface area contributed by atoms with Crippen molar-refractivity contribution >= 4 is 38.9 Å². The van der Waals surface area contributed by atoms with Crippen molar-refractivity contribution in [2.75, 3.05) is 37.1 Å². The Hall–Kier alpha value is -2.45. The molecule has 0 spiro atoms. The number of nitrogens with zero attached hydrogens (tertiary/aromatic N) is 1. The van der Waals surface area contributed by atoms with E-state index in [4.69, 9.17) is 21.1 Å². The monoisotopic (exact) mass is 398 g/mol. The van der Waals surface area contributed by atoms with Gasteiger partial charge in [0.1, 0.15) is 11.5 Å². The molecule has 0 radical (unpaired) electrons. The third-order valence-electron chi connectivity index (χ3n) is 3.71. The van der Waals surface area contributed by atoms with Gasteiger partial charge in [0.25, 0.3) is 5.91 Å².